The van der Waals surface area contributed by atoms with Crippen LogP contribution >= 0.6 is 12.2 Å². The third kappa shape index (κ3) is 6.12. The van der Waals surface area contributed by atoms with Crippen LogP contribution in [-0.2, 0) is 26.1 Å². The summed E-state index contributed by atoms with van der Waals surface area (Å²) in [6.07, 6.45) is 2.94. The molecule has 24 heavy (non-hydrogen) atoms. The van der Waals surface area contributed by atoms with Gasteiger partial charge < -0.3 is 9.47 Å². The van der Waals surface area contributed by atoms with E-state index in [4.69, 9.17) is 21.7 Å². The molecule has 134 valence electrons. The lowest BCUT2D eigenvalue weighted by Gasteiger charge is -2.37. The molecule has 0 saturated carbocycles. The van der Waals surface area contributed by atoms with Gasteiger partial charge in [-0.1, -0.05) is 30.3 Å². The molecular formula is C17H25NO4S2. The van der Waals surface area contributed by atoms with Gasteiger partial charge in [0.2, 0.25) is 10.0 Å². The molecule has 2 rings (SSSR count). The van der Waals surface area contributed by atoms with Crippen LogP contribution < -0.4 is 0 Å². The predicted molar refractivity (Wildman–Crippen MR) is 98.4 cm³/mol. The number of benzene rings is 1. The van der Waals surface area contributed by atoms with Gasteiger partial charge in [-0.25, -0.2) is 8.42 Å². The SMILES string of the molecule is CC(=S)OCC1CC[C@@H](COCc2ccccc2)N(S(C)(=O)=O)C1. The van der Waals surface area contributed by atoms with Gasteiger partial charge in [-0.3, -0.25) is 0 Å². The zero-order valence-electron chi connectivity index (χ0n) is 14.2. The van der Waals surface area contributed by atoms with Crippen molar-refractivity contribution in [3.63, 3.8) is 0 Å². The Morgan fingerprint density at radius 3 is 2.58 bits per heavy atom. The lowest BCUT2D eigenvalue weighted by atomic mass is 9.95. The van der Waals surface area contributed by atoms with Crippen LogP contribution in [0.2, 0.25) is 0 Å². The fraction of sp³-hybridized carbons (Fsp3) is 0.588. The molecule has 1 aromatic carbocycles. The molecule has 1 aromatic rings. The molecule has 1 saturated heterocycles. The maximum Gasteiger partial charge on any atom is 0.211 e. The predicted octanol–water partition coefficient (Wildman–Crippen LogP) is 2.61. The van der Waals surface area contributed by atoms with E-state index in [9.17, 15) is 8.42 Å². The number of sulfonamides is 1. The minimum absolute atomic E-state index is 0.117. The van der Waals surface area contributed by atoms with Crippen LogP contribution in [0.3, 0.4) is 0 Å². The zero-order valence-corrected chi connectivity index (χ0v) is 15.8. The molecule has 0 amide bonds. The Hall–Kier alpha value is -1.02. The summed E-state index contributed by atoms with van der Waals surface area (Å²) in [6.45, 7) is 3.56. The molecule has 1 aliphatic rings. The summed E-state index contributed by atoms with van der Waals surface area (Å²) >= 11 is 4.92. The van der Waals surface area contributed by atoms with Crippen LogP contribution in [-0.4, -0.2) is 49.8 Å². The van der Waals surface area contributed by atoms with Crippen LogP contribution in [0.1, 0.15) is 25.3 Å². The summed E-state index contributed by atoms with van der Waals surface area (Å²) < 4.78 is 36.9. The van der Waals surface area contributed by atoms with Crippen molar-refractivity contribution in [3.8, 4) is 0 Å². The van der Waals surface area contributed by atoms with Gasteiger partial charge >= 0.3 is 0 Å². The summed E-state index contributed by atoms with van der Waals surface area (Å²) in [5.41, 5.74) is 1.09. The number of piperidine rings is 1. The summed E-state index contributed by atoms with van der Waals surface area (Å²) in [5.74, 6) is 0.169. The Kier molecular flexibility index (Phi) is 7.16. The largest absolute Gasteiger partial charge is 0.487 e. The second kappa shape index (κ2) is 8.89. The first kappa shape index (κ1) is 19.3. The molecule has 0 N–H and O–H groups in total. The van der Waals surface area contributed by atoms with Gasteiger partial charge in [-0.05, 0) is 30.6 Å². The van der Waals surface area contributed by atoms with E-state index in [0.29, 0.717) is 31.4 Å². The lowest BCUT2D eigenvalue weighted by Crippen LogP contribution is -2.49. The van der Waals surface area contributed by atoms with Gasteiger partial charge in [0.25, 0.3) is 0 Å². The van der Waals surface area contributed by atoms with Gasteiger partial charge in [-0.2, -0.15) is 4.31 Å². The van der Waals surface area contributed by atoms with Crippen molar-refractivity contribution in [3.05, 3.63) is 35.9 Å². The number of thiocarbonyl (C=S) groups is 1. The van der Waals surface area contributed by atoms with Crippen LogP contribution in [0.15, 0.2) is 30.3 Å². The molecule has 7 heteroatoms. The van der Waals surface area contributed by atoms with Crippen molar-refractivity contribution in [2.24, 2.45) is 5.92 Å². The van der Waals surface area contributed by atoms with E-state index in [1.807, 2.05) is 30.3 Å². The average molecular weight is 372 g/mol. The minimum Gasteiger partial charge on any atom is -0.487 e. The van der Waals surface area contributed by atoms with E-state index in [0.717, 1.165) is 18.4 Å². The van der Waals surface area contributed by atoms with E-state index in [-0.39, 0.29) is 12.0 Å². The van der Waals surface area contributed by atoms with Gasteiger partial charge in [-0.15, -0.1) is 0 Å². The standard InChI is InChI=1S/C17H25NO4S2/c1-14(23)22-12-16-8-9-17(18(10-16)24(2,19)20)13-21-11-15-6-4-3-5-7-15/h3-7,16-17H,8-13H2,1-2H3/t16?,17-/m0/s1. The van der Waals surface area contributed by atoms with Crippen LogP contribution in [0.25, 0.3) is 0 Å². The smallest absolute Gasteiger partial charge is 0.211 e. The van der Waals surface area contributed by atoms with E-state index < -0.39 is 10.0 Å². The van der Waals surface area contributed by atoms with E-state index in [2.05, 4.69) is 0 Å². The number of ether oxygens (including phenoxy) is 2. The maximum atomic E-state index is 12.1. The Bertz CT molecular complexity index is 633. The third-order valence-corrected chi connectivity index (χ3v) is 5.54. The fourth-order valence-corrected chi connectivity index (χ4v) is 4.16. The first-order chi connectivity index (χ1) is 11.4. The lowest BCUT2D eigenvalue weighted by molar-refractivity contribution is 0.0468. The molecule has 1 aliphatic heterocycles. The molecule has 0 radical (unpaired) electrons. The van der Waals surface area contributed by atoms with Gasteiger partial charge in [0.05, 0.1) is 26.1 Å². The van der Waals surface area contributed by atoms with Crippen molar-refractivity contribution < 1.29 is 17.9 Å². The Morgan fingerprint density at radius 2 is 1.96 bits per heavy atom. The molecule has 1 unspecified atom stereocenters. The van der Waals surface area contributed by atoms with Crippen molar-refractivity contribution in [1.29, 1.82) is 0 Å². The van der Waals surface area contributed by atoms with Gasteiger partial charge in [0, 0.05) is 25.4 Å². The highest BCUT2D eigenvalue weighted by molar-refractivity contribution is 7.88. The minimum atomic E-state index is -3.28. The second-order valence-corrected chi connectivity index (χ2v) is 8.74. The summed E-state index contributed by atoms with van der Waals surface area (Å²) in [4.78, 5) is 0. The van der Waals surface area contributed by atoms with E-state index in [1.165, 1.54) is 6.26 Å². The molecule has 0 spiro atoms. The molecule has 1 heterocycles. The fourth-order valence-electron chi connectivity index (χ4n) is 2.90. The average Bonchev–Trinajstić information content (AvgIpc) is 2.53. The van der Waals surface area contributed by atoms with Crippen molar-refractivity contribution in [2.75, 3.05) is 26.0 Å². The van der Waals surface area contributed by atoms with Crippen molar-refractivity contribution in [2.45, 2.75) is 32.4 Å². The Morgan fingerprint density at radius 1 is 1.25 bits per heavy atom. The number of rotatable bonds is 7. The molecule has 0 aliphatic carbocycles. The van der Waals surface area contributed by atoms with Crippen molar-refractivity contribution >= 4 is 27.3 Å². The van der Waals surface area contributed by atoms with E-state index in [1.54, 1.807) is 11.2 Å². The highest BCUT2D eigenvalue weighted by Crippen LogP contribution is 2.25. The van der Waals surface area contributed by atoms with Crippen molar-refractivity contribution in [1.82, 2.24) is 4.31 Å². The van der Waals surface area contributed by atoms with Gasteiger partial charge in [0.1, 0.15) is 0 Å². The normalized spacial score (nSPS) is 22.2. The topological polar surface area (TPSA) is 55.8 Å². The van der Waals surface area contributed by atoms with Crippen LogP contribution in [0.4, 0.5) is 0 Å². The maximum absolute atomic E-state index is 12.1. The number of hydrogen-bond acceptors (Lipinski definition) is 5. The number of hydrogen-bond donors (Lipinski definition) is 0. The monoisotopic (exact) mass is 371 g/mol. The molecule has 2 atom stereocenters. The summed E-state index contributed by atoms with van der Waals surface area (Å²) in [6, 6.07) is 9.76. The summed E-state index contributed by atoms with van der Waals surface area (Å²) in [5, 5.41) is 0.495. The molecule has 5 nitrogen and oxygen atoms in total. The van der Waals surface area contributed by atoms with Gasteiger partial charge in [0.15, 0.2) is 5.05 Å². The summed E-state index contributed by atoms with van der Waals surface area (Å²) in [7, 11) is -3.28. The molecular weight excluding hydrogens is 346 g/mol. The highest BCUT2D eigenvalue weighted by atomic mass is 32.2. The third-order valence-electron chi connectivity index (χ3n) is 4.12. The quantitative estimate of drug-likeness (QED) is 0.690. The Labute approximate surface area is 150 Å². The second-order valence-electron chi connectivity index (χ2n) is 6.23. The highest BCUT2D eigenvalue weighted by Gasteiger charge is 2.34. The first-order valence-corrected chi connectivity index (χ1v) is 10.3. The van der Waals surface area contributed by atoms with E-state index >= 15 is 0 Å². The first-order valence-electron chi connectivity index (χ1n) is 8.08. The molecule has 0 bridgehead atoms. The number of nitrogens with zero attached hydrogens (tertiary/aromatic N) is 1. The molecule has 1 fully saturated rings. The Balaban J connectivity index is 1.90. The zero-order chi connectivity index (χ0) is 17.6. The van der Waals surface area contributed by atoms with Crippen LogP contribution in [0.5, 0.6) is 0 Å². The van der Waals surface area contributed by atoms with Crippen LogP contribution in [0, 0.1) is 5.92 Å². The molecule has 0 aromatic heterocycles.